The topological polar surface area (TPSA) is 78.8 Å². The van der Waals surface area contributed by atoms with Gasteiger partial charge in [0.05, 0.1) is 16.8 Å². The molecule has 0 radical (unpaired) electrons. The van der Waals surface area contributed by atoms with Crippen molar-refractivity contribution < 1.29 is 13.2 Å². The molecule has 3 rings (SSSR count). The van der Waals surface area contributed by atoms with Crippen molar-refractivity contribution in [2.45, 2.75) is 25.7 Å². The Morgan fingerprint density at radius 3 is 2.19 bits per heavy atom. The zero-order valence-electron chi connectivity index (χ0n) is 18.0. The lowest BCUT2D eigenvalue weighted by Gasteiger charge is -2.25. The molecule has 0 aliphatic rings. The molecule has 6 nitrogen and oxygen atoms in total. The molecule has 0 aromatic heterocycles. The molecule has 0 atom stereocenters. The zero-order valence-corrected chi connectivity index (χ0v) is 19.6. The molecule has 3 aromatic rings. The Morgan fingerprint density at radius 2 is 1.56 bits per heavy atom. The van der Waals surface area contributed by atoms with E-state index in [9.17, 15) is 13.2 Å². The average Bonchev–Trinajstić information content (AvgIpc) is 2.75. The third-order valence-corrected chi connectivity index (χ3v) is 6.83. The Labute approximate surface area is 193 Å². The van der Waals surface area contributed by atoms with E-state index in [1.807, 2.05) is 38.1 Å². The van der Waals surface area contributed by atoms with E-state index in [2.05, 4.69) is 10.5 Å². The molecular formula is C24H24ClN3O3S. The van der Waals surface area contributed by atoms with Gasteiger partial charge in [-0.05, 0) is 56.2 Å². The Kier molecular flexibility index (Phi) is 7.33. The van der Waals surface area contributed by atoms with Gasteiger partial charge in [0.1, 0.15) is 6.54 Å². The number of hydrogen-bond donors (Lipinski definition) is 1. The first-order valence-corrected chi connectivity index (χ1v) is 11.7. The van der Waals surface area contributed by atoms with E-state index >= 15 is 0 Å². The number of sulfonamides is 1. The van der Waals surface area contributed by atoms with Crippen LogP contribution in [0.4, 0.5) is 5.69 Å². The number of rotatable bonds is 7. The SMILES string of the molecule is Cc1ccc(/C=N\NC(=O)CN(c2cc(Cl)ccc2C)S(=O)(=O)c2ccc(C)cc2)cc1. The van der Waals surface area contributed by atoms with Crippen LogP contribution >= 0.6 is 11.6 Å². The van der Waals surface area contributed by atoms with Gasteiger partial charge in [-0.25, -0.2) is 13.8 Å². The Bertz CT molecular complexity index is 1240. The Morgan fingerprint density at radius 1 is 0.969 bits per heavy atom. The van der Waals surface area contributed by atoms with Crippen LogP contribution in [0.2, 0.25) is 5.02 Å². The van der Waals surface area contributed by atoms with Gasteiger partial charge in [-0.15, -0.1) is 0 Å². The number of amides is 1. The highest BCUT2D eigenvalue weighted by molar-refractivity contribution is 7.92. The molecule has 1 N–H and O–H groups in total. The number of benzene rings is 3. The molecule has 0 aliphatic heterocycles. The smallest absolute Gasteiger partial charge is 0.264 e. The van der Waals surface area contributed by atoms with Crippen molar-refractivity contribution >= 4 is 39.4 Å². The standard InChI is InChI=1S/C24H24ClN3O3S/c1-17-4-9-20(10-5-17)15-26-27-24(29)16-28(23-14-21(25)11-8-19(23)3)32(30,31)22-12-6-18(2)7-13-22/h4-15H,16H2,1-3H3,(H,27,29)/b26-15-. The third-order valence-electron chi connectivity index (χ3n) is 4.82. The minimum Gasteiger partial charge on any atom is -0.271 e. The van der Waals surface area contributed by atoms with Gasteiger partial charge in [0.25, 0.3) is 15.9 Å². The summed E-state index contributed by atoms with van der Waals surface area (Å²) in [4.78, 5) is 12.7. The molecule has 0 aliphatic carbocycles. The quantitative estimate of drug-likeness (QED) is 0.405. The first kappa shape index (κ1) is 23.5. The second kappa shape index (κ2) is 9.97. The summed E-state index contributed by atoms with van der Waals surface area (Å²) >= 11 is 6.13. The summed E-state index contributed by atoms with van der Waals surface area (Å²) < 4.78 is 27.9. The van der Waals surface area contributed by atoms with Crippen molar-refractivity contribution in [2.75, 3.05) is 10.8 Å². The number of hydrazone groups is 1. The first-order chi connectivity index (χ1) is 15.2. The molecular weight excluding hydrogens is 446 g/mol. The lowest BCUT2D eigenvalue weighted by Crippen LogP contribution is -2.40. The monoisotopic (exact) mass is 469 g/mol. The van der Waals surface area contributed by atoms with E-state index in [-0.39, 0.29) is 4.90 Å². The van der Waals surface area contributed by atoms with Gasteiger partial charge in [-0.3, -0.25) is 9.10 Å². The molecule has 3 aromatic carbocycles. The maximum absolute atomic E-state index is 13.4. The maximum atomic E-state index is 13.4. The number of halogens is 1. The van der Waals surface area contributed by atoms with E-state index in [0.29, 0.717) is 16.3 Å². The van der Waals surface area contributed by atoms with Gasteiger partial charge >= 0.3 is 0 Å². The first-order valence-electron chi connectivity index (χ1n) is 9.91. The molecule has 0 heterocycles. The van der Waals surface area contributed by atoms with E-state index < -0.39 is 22.5 Å². The van der Waals surface area contributed by atoms with Crippen LogP contribution in [0.5, 0.6) is 0 Å². The van der Waals surface area contributed by atoms with Crippen molar-refractivity contribution in [3.63, 3.8) is 0 Å². The Hall–Kier alpha value is -3.16. The van der Waals surface area contributed by atoms with Crippen LogP contribution in [0, 0.1) is 20.8 Å². The molecule has 8 heteroatoms. The van der Waals surface area contributed by atoms with E-state index in [0.717, 1.165) is 21.0 Å². The normalized spacial score (nSPS) is 11.5. The fraction of sp³-hybridized carbons (Fsp3) is 0.167. The van der Waals surface area contributed by atoms with Crippen LogP contribution in [-0.2, 0) is 14.8 Å². The second-order valence-corrected chi connectivity index (χ2v) is 9.76. The molecule has 0 saturated heterocycles. The van der Waals surface area contributed by atoms with Crippen LogP contribution in [0.3, 0.4) is 0 Å². The van der Waals surface area contributed by atoms with Crippen LogP contribution < -0.4 is 9.73 Å². The van der Waals surface area contributed by atoms with Gasteiger partial charge in [-0.1, -0.05) is 65.2 Å². The van der Waals surface area contributed by atoms with Crippen molar-refractivity contribution in [2.24, 2.45) is 5.10 Å². The summed E-state index contributed by atoms with van der Waals surface area (Å²) in [6.07, 6.45) is 1.50. The molecule has 166 valence electrons. The van der Waals surface area contributed by atoms with Crippen LogP contribution in [0.1, 0.15) is 22.3 Å². The van der Waals surface area contributed by atoms with Crippen molar-refractivity contribution in [3.8, 4) is 0 Å². The summed E-state index contributed by atoms with van der Waals surface area (Å²) in [5, 5.41) is 4.32. The molecule has 0 fully saturated rings. The predicted molar refractivity (Wildman–Crippen MR) is 129 cm³/mol. The fourth-order valence-electron chi connectivity index (χ4n) is 2.99. The van der Waals surface area contributed by atoms with Crippen molar-refractivity contribution in [3.05, 3.63) is 94.0 Å². The fourth-order valence-corrected chi connectivity index (χ4v) is 4.63. The minimum atomic E-state index is -4.03. The van der Waals surface area contributed by atoms with Gasteiger partial charge in [0.15, 0.2) is 0 Å². The average molecular weight is 470 g/mol. The molecule has 0 bridgehead atoms. The summed E-state index contributed by atoms with van der Waals surface area (Å²) in [6, 6.07) is 19.0. The molecule has 1 amide bonds. The maximum Gasteiger partial charge on any atom is 0.264 e. The number of anilines is 1. The number of hydrogen-bond acceptors (Lipinski definition) is 4. The lowest BCUT2D eigenvalue weighted by molar-refractivity contribution is -0.119. The van der Waals surface area contributed by atoms with Gasteiger partial charge in [0.2, 0.25) is 0 Å². The molecule has 0 unspecified atom stereocenters. The largest absolute Gasteiger partial charge is 0.271 e. The predicted octanol–water partition coefficient (Wildman–Crippen LogP) is 4.61. The van der Waals surface area contributed by atoms with Crippen LogP contribution in [-0.4, -0.2) is 27.1 Å². The van der Waals surface area contributed by atoms with E-state index in [4.69, 9.17) is 11.6 Å². The second-order valence-electron chi connectivity index (χ2n) is 7.46. The van der Waals surface area contributed by atoms with E-state index in [1.165, 1.54) is 24.4 Å². The summed E-state index contributed by atoms with van der Waals surface area (Å²) in [5.74, 6) is -0.580. The number of aryl methyl sites for hydroxylation is 3. The van der Waals surface area contributed by atoms with Crippen LogP contribution in [0.25, 0.3) is 0 Å². The summed E-state index contributed by atoms with van der Waals surface area (Å²) in [5.41, 5.74) is 6.25. The minimum absolute atomic E-state index is 0.0819. The Balaban J connectivity index is 1.88. The highest BCUT2D eigenvalue weighted by Gasteiger charge is 2.28. The van der Waals surface area contributed by atoms with Crippen molar-refractivity contribution in [1.29, 1.82) is 0 Å². The van der Waals surface area contributed by atoms with Gasteiger partial charge in [0, 0.05) is 5.02 Å². The van der Waals surface area contributed by atoms with Gasteiger partial charge in [-0.2, -0.15) is 5.10 Å². The van der Waals surface area contributed by atoms with E-state index in [1.54, 1.807) is 31.2 Å². The summed E-state index contributed by atoms with van der Waals surface area (Å²) in [7, 11) is -4.03. The highest BCUT2D eigenvalue weighted by Crippen LogP contribution is 2.29. The van der Waals surface area contributed by atoms with Crippen molar-refractivity contribution in [1.82, 2.24) is 5.43 Å². The molecule has 32 heavy (non-hydrogen) atoms. The number of carbonyl (C=O) groups is 1. The molecule has 0 saturated carbocycles. The third kappa shape index (κ3) is 5.75. The lowest BCUT2D eigenvalue weighted by atomic mass is 10.2. The number of nitrogens with zero attached hydrogens (tertiary/aromatic N) is 2. The number of carbonyl (C=O) groups excluding carboxylic acids is 1. The summed E-state index contributed by atoms with van der Waals surface area (Å²) in [6.45, 7) is 5.15. The van der Waals surface area contributed by atoms with Gasteiger partial charge < -0.3 is 0 Å². The number of nitrogens with one attached hydrogen (secondary N) is 1. The highest BCUT2D eigenvalue weighted by atomic mass is 35.5. The van der Waals surface area contributed by atoms with Crippen LogP contribution in [0.15, 0.2) is 76.7 Å². The zero-order chi connectivity index (χ0) is 23.3. The molecule has 0 spiro atoms.